The van der Waals surface area contributed by atoms with E-state index < -0.39 is 6.04 Å². The highest BCUT2D eigenvalue weighted by atomic mass is 16.2. The highest BCUT2D eigenvalue weighted by Crippen LogP contribution is 2.32. The van der Waals surface area contributed by atoms with E-state index in [2.05, 4.69) is 41.5 Å². The van der Waals surface area contributed by atoms with E-state index in [0.29, 0.717) is 0 Å². The molecule has 4 heteroatoms. The lowest BCUT2D eigenvalue weighted by Crippen LogP contribution is -2.20. The number of nitrogens with zero attached hydrogens (tertiary/aromatic N) is 1. The van der Waals surface area contributed by atoms with Gasteiger partial charge in [0, 0.05) is 30.5 Å². The van der Waals surface area contributed by atoms with Crippen LogP contribution in [0.25, 0.3) is 0 Å². The normalized spacial score (nSPS) is 16.5. The predicted octanol–water partition coefficient (Wildman–Crippen LogP) is 2.32. The van der Waals surface area contributed by atoms with Crippen molar-refractivity contribution in [1.82, 2.24) is 0 Å². The van der Waals surface area contributed by atoms with Crippen molar-refractivity contribution in [1.29, 1.82) is 0 Å². The Kier molecular flexibility index (Phi) is 3.62. The smallest absolute Gasteiger partial charge is 0.245 e. The van der Waals surface area contributed by atoms with Crippen LogP contribution in [0.1, 0.15) is 17.2 Å². The lowest BCUT2D eigenvalue weighted by molar-refractivity contribution is -0.116. The molecule has 0 aromatic heterocycles. The molecule has 4 nitrogen and oxygen atoms in total. The number of benzene rings is 2. The van der Waals surface area contributed by atoms with Crippen molar-refractivity contribution in [2.45, 2.75) is 12.5 Å². The second-order valence-electron chi connectivity index (χ2n) is 5.40. The van der Waals surface area contributed by atoms with E-state index in [1.807, 2.05) is 24.3 Å². The summed E-state index contributed by atoms with van der Waals surface area (Å²) in [6.45, 7) is 0.919. The first-order chi connectivity index (χ1) is 10.1. The molecule has 1 atom stereocenters. The molecule has 0 spiro atoms. The van der Waals surface area contributed by atoms with E-state index in [4.69, 9.17) is 5.73 Å². The van der Waals surface area contributed by atoms with Crippen LogP contribution in [0.15, 0.2) is 48.5 Å². The summed E-state index contributed by atoms with van der Waals surface area (Å²) in [5.41, 5.74) is 9.93. The summed E-state index contributed by atoms with van der Waals surface area (Å²) in [5.74, 6) is -0.130. The number of carbonyl (C=O) groups is 1. The van der Waals surface area contributed by atoms with Gasteiger partial charge in [-0.25, -0.2) is 0 Å². The largest absolute Gasteiger partial charge is 0.374 e. The highest BCUT2D eigenvalue weighted by molar-refractivity contribution is 6.02. The van der Waals surface area contributed by atoms with Crippen LogP contribution < -0.4 is 16.0 Å². The van der Waals surface area contributed by atoms with Crippen molar-refractivity contribution < 1.29 is 4.79 Å². The number of hydrogen-bond acceptors (Lipinski definition) is 3. The van der Waals surface area contributed by atoms with Gasteiger partial charge in [0.05, 0.1) is 0 Å². The van der Waals surface area contributed by atoms with Gasteiger partial charge in [-0.3, -0.25) is 4.79 Å². The Balaban J connectivity index is 1.70. The molecule has 2 aromatic rings. The topological polar surface area (TPSA) is 58.4 Å². The molecule has 0 saturated heterocycles. The van der Waals surface area contributed by atoms with Gasteiger partial charge < -0.3 is 16.0 Å². The lowest BCUT2D eigenvalue weighted by atomic mass is 10.1. The Morgan fingerprint density at radius 3 is 2.71 bits per heavy atom. The van der Waals surface area contributed by atoms with Crippen LogP contribution in [-0.4, -0.2) is 19.5 Å². The number of likely N-dealkylation sites (N-methyl/N-ethyl adjacent to an activating group) is 1. The Hall–Kier alpha value is -2.33. The molecule has 3 N–H and O–H groups in total. The van der Waals surface area contributed by atoms with E-state index in [1.165, 1.54) is 5.56 Å². The molecular weight excluding hydrogens is 262 g/mol. The van der Waals surface area contributed by atoms with E-state index in [9.17, 15) is 4.79 Å². The van der Waals surface area contributed by atoms with Crippen molar-refractivity contribution in [3.8, 4) is 0 Å². The molecule has 0 saturated carbocycles. The molecule has 1 heterocycles. The van der Waals surface area contributed by atoms with Gasteiger partial charge in [0.2, 0.25) is 5.91 Å². The van der Waals surface area contributed by atoms with Gasteiger partial charge in [-0.05, 0) is 24.1 Å². The van der Waals surface area contributed by atoms with Gasteiger partial charge in [-0.15, -0.1) is 0 Å². The van der Waals surface area contributed by atoms with Crippen LogP contribution in [0.4, 0.5) is 11.4 Å². The van der Waals surface area contributed by atoms with Crippen LogP contribution in [0.2, 0.25) is 0 Å². The molecule has 1 aliphatic heterocycles. The quantitative estimate of drug-likeness (QED) is 0.904. The van der Waals surface area contributed by atoms with Crippen molar-refractivity contribution >= 4 is 17.3 Å². The Morgan fingerprint density at radius 2 is 1.95 bits per heavy atom. The maximum atomic E-state index is 11.6. The van der Waals surface area contributed by atoms with E-state index in [-0.39, 0.29) is 5.91 Å². The molecular formula is C17H19N3O. The average molecular weight is 281 g/mol. The molecule has 21 heavy (non-hydrogen) atoms. The van der Waals surface area contributed by atoms with Crippen molar-refractivity contribution in [2.24, 2.45) is 5.73 Å². The average Bonchev–Trinajstić information content (AvgIpc) is 2.80. The number of anilines is 2. The standard InChI is InChI=1S/C17H19N3O/c1-20(10-9-12-5-3-2-4-6-12)13-7-8-14-15(11-13)19-17(21)16(14)18/h2-8,11,16H,9-10,18H2,1H3,(H,19,21). The molecule has 3 rings (SSSR count). The maximum Gasteiger partial charge on any atom is 0.245 e. The molecule has 1 aliphatic rings. The van der Waals surface area contributed by atoms with Crippen molar-refractivity contribution in [3.05, 3.63) is 59.7 Å². The summed E-state index contributed by atoms with van der Waals surface area (Å²) in [5, 5.41) is 2.83. The molecule has 108 valence electrons. The first-order valence-corrected chi connectivity index (χ1v) is 7.10. The zero-order valence-electron chi connectivity index (χ0n) is 12.0. The molecule has 0 radical (unpaired) electrons. The van der Waals surface area contributed by atoms with Gasteiger partial charge in [0.25, 0.3) is 0 Å². The zero-order chi connectivity index (χ0) is 14.8. The second kappa shape index (κ2) is 5.58. The fraction of sp³-hybridized carbons (Fsp3) is 0.235. The van der Waals surface area contributed by atoms with Crippen LogP contribution >= 0.6 is 0 Å². The molecule has 0 aliphatic carbocycles. The number of nitrogens with two attached hydrogens (primary N) is 1. The highest BCUT2D eigenvalue weighted by Gasteiger charge is 2.27. The molecule has 0 fully saturated rings. The van der Waals surface area contributed by atoms with E-state index >= 15 is 0 Å². The summed E-state index contributed by atoms with van der Waals surface area (Å²) >= 11 is 0. The minimum absolute atomic E-state index is 0.130. The van der Waals surface area contributed by atoms with Gasteiger partial charge >= 0.3 is 0 Å². The molecule has 1 amide bonds. The van der Waals surface area contributed by atoms with Crippen LogP contribution in [0.5, 0.6) is 0 Å². The van der Waals surface area contributed by atoms with Gasteiger partial charge in [-0.1, -0.05) is 36.4 Å². The third kappa shape index (κ3) is 2.76. The minimum Gasteiger partial charge on any atom is -0.374 e. The van der Waals surface area contributed by atoms with Crippen molar-refractivity contribution in [2.75, 3.05) is 23.8 Å². The fourth-order valence-corrected chi connectivity index (χ4v) is 2.58. The summed E-state index contributed by atoms with van der Waals surface area (Å²) in [4.78, 5) is 13.8. The van der Waals surface area contributed by atoms with Crippen LogP contribution in [0.3, 0.4) is 0 Å². The monoisotopic (exact) mass is 281 g/mol. The first kappa shape index (κ1) is 13.6. The van der Waals surface area contributed by atoms with Crippen LogP contribution in [-0.2, 0) is 11.2 Å². The Bertz CT molecular complexity index is 654. The van der Waals surface area contributed by atoms with Crippen molar-refractivity contribution in [3.63, 3.8) is 0 Å². The molecule has 0 bridgehead atoms. The van der Waals surface area contributed by atoms with E-state index in [0.717, 1.165) is 29.9 Å². The number of carbonyl (C=O) groups excluding carboxylic acids is 1. The summed E-state index contributed by atoms with van der Waals surface area (Å²) in [6, 6.07) is 15.8. The van der Waals surface area contributed by atoms with Crippen LogP contribution in [0, 0.1) is 0 Å². The van der Waals surface area contributed by atoms with E-state index in [1.54, 1.807) is 0 Å². The predicted molar refractivity (Wildman–Crippen MR) is 85.4 cm³/mol. The van der Waals surface area contributed by atoms with Gasteiger partial charge in [0.15, 0.2) is 0 Å². The number of hydrogen-bond donors (Lipinski definition) is 2. The first-order valence-electron chi connectivity index (χ1n) is 7.10. The second-order valence-corrected chi connectivity index (χ2v) is 5.40. The summed E-state index contributed by atoms with van der Waals surface area (Å²) < 4.78 is 0. The lowest BCUT2D eigenvalue weighted by Gasteiger charge is -2.20. The van der Waals surface area contributed by atoms with Gasteiger partial charge in [0.1, 0.15) is 6.04 Å². The summed E-state index contributed by atoms with van der Waals surface area (Å²) in [7, 11) is 2.06. The zero-order valence-corrected chi connectivity index (χ0v) is 12.0. The fourth-order valence-electron chi connectivity index (χ4n) is 2.58. The Labute approximate surface area is 124 Å². The summed E-state index contributed by atoms with van der Waals surface area (Å²) in [6.07, 6.45) is 0.986. The maximum absolute atomic E-state index is 11.6. The third-order valence-electron chi connectivity index (χ3n) is 3.93. The number of amides is 1. The number of fused-ring (bicyclic) bond motifs is 1. The molecule has 1 unspecified atom stereocenters. The minimum atomic E-state index is -0.538. The third-order valence-corrected chi connectivity index (χ3v) is 3.93. The van der Waals surface area contributed by atoms with Gasteiger partial charge in [-0.2, -0.15) is 0 Å². The molecule has 2 aromatic carbocycles. The number of rotatable bonds is 4. The SMILES string of the molecule is CN(CCc1ccccc1)c1ccc2c(c1)NC(=O)C2N. The Morgan fingerprint density at radius 1 is 1.19 bits per heavy atom. The number of nitrogens with one attached hydrogen (secondary N) is 1.